The van der Waals surface area contributed by atoms with Crippen molar-refractivity contribution in [3.63, 3.8) is 0 Å². The van der Waals surface area contributed by atoms with Crippen LogP contribution in [-0.4, -0.2) is 6.61 Å². The lowest BCUT2D eigenvalue weighted by atomic mass is 9.95. The number of ether oxygens (including phenoxy) is 1. The fourth-order valence-electron chi connectivity index (χ4n) is 2.19. The molecule has 0 aliphatic carbocycles. The number of benzene rings is 2. The highest BCUT2D eigenvalue weighted by atomic mass is 35.5. The molecule has 2 aromatic rings. The quantitative estimate of drug-likeness (QED) is 0.659. The van der Waals surface area contributed by atoms with Crippen LogP contribution in [0.4, 0.5) is 0 Å². The van der Waals surface area contributed by atoms with Gasteiger partial charge in [0.1, 0.15) is 5.75 Å². The number of halogens is 1. The summed E-state index contributed by atoms with van der Waals surface area (Å²) in [4.78, 5) is 0. The van der Waals surface area contributed by atoms with E-state index < -0.39 is 0 Å². The molecule has 108 valence electrons. The lowest BCUT2D eigenvalue weighted by Gasteiger charge is -2.10. The van der Waals surface area contributed by atoms with E-state index in [4.69, 9.17) is 16.3 Å². The van der Waals surface area contributed by atoms with Crippen LogP contribution in [0, 0.1) is 11.3 Å². The van der Waals surface area contributed by atoms with Gasteiger partial charge in [-0.15, -0.1) is 0 Å². The van der Waals surface area contributed by atoms with E-state index in [9.17, 15) is 5.26 Å². The molecule has 0 aromatic heterocycles. The highest BCUT2D eigenvalue weighted by molar-refractivity contribution is 6.30. The van der Waals surface area contributed by atoms with Crippen LogP contribution in [-0.2, 0) is 0 Å². The molecule has 0 spiro atoms. The molecule has 0 N–H and O–H groups in total. The molecule has 2 aromatic carbocycles. The third-order valence-electron chi connectivity index (χ3n) is 3.31. The maximum absolute atomic E-state index is 9.28. The zero-order valence-electron chi connectivity index (χ0n) is 11.8. The number of rotatable bonds is 7. The van der Waals surface area contributed by atoms with Gasteiger partial charge in [-0.1, -0.05) is 41.9 Å². The minimum Gasteiger partial charge on any atom is -0.494 e. The largest absolute Gasteiger partial charge is 0.494 e. The molecule has 0 saturated heterocycles. The number of nitrogens with zero attached hydrogens (tertiary/aromatic N) is 1. The molecule has 0 fully saturated rings. The molecule has 0 amide bonds. The standard InChI is InChI=1S/C18H18ClNO/c19-17-9-6-8-15(13-17)16(14-20)7-4-5-12-21-18-10-2-1-3-11-18/h1-3,6,8-11,13,16H,4-5,7,12H2. The highest BCUT2D eigenvalue weighted by Crippen LogP contribution is 2.24. The monoisotopic (exact) mass is 299 g/mol. The first-order chi connectivity index (χ1) is 10.3. The summed E-state index contributed by atoms with van der Waals surface area (Å²) in [6.07, 6.45) is 2.72. The normalized spacial score (nSPS) is 11.6. The first-order valence-corrected chi connectivity index (χ1v) is 7.50. The average molecular weight is 300 g/mol. The van der Waals surface area contributed by atoms with Gasteiger partial charge in [-0.25, -0.2) is 0 Å². The Kier molecular flexibility index (Phi) is 6.12. The van der Waals surface area contributed by atoms with Crippen molar-refractivity contribution in [1.29, 1.82) is 5.26 Å². The Morgan fingerprint density at radius 3 is 2.57 bits per heavy atom. The van der Waals surface area contributed by atoms with Gasteiger partial charge in [-0.2, -0.15) is 5.26 Å². The van der Waals surface area contributed by atoms with Crippen molar-refractivity contribution < 1.29 is 4.74 Å². The minimum absolute atomic E-state index is 0.0968. The highest BCUT2D eigenvalue weighted by Gasteiger charge is 2.10. The van der Waals surface area contributed by atoms with Crippen molar-refractivity contribution in [3.05, 3.63) is 65.2 Å². The Morgan fingerprint density at radius 2 is 1.86 bits per heavy atom. The molecule has 1 unspecified atom stereocenters. The first kappa shape index (κ1) is 15.4. The summed E-state index contributed by atoms with van der Waals surface area (Å²) in [5.41, 5.74) is 0.994. The van der Waals surface area contributed by atoms with Crippen LogP contribution in [0.25, 0.3) is 0 Å². The van der Waals surface area contributed by atoms with Crippen LogP contribution in [0.1, 0.15) is 30.7 Å². The van der Waals surface area contributed by atoms with Gasteiger partial charge < -0.3 is 4.74 Å². The van der Waals surface area contributed by atoms with Crippen LogP contribution < -0.4 is 4.74 Å². The van der Waals surface area contributed by atoms with E-state index in [1.165, 1.54) is 0 Å². The molecule has 21 heavy (non-hydrogen) atoms. The third kappa shape index (κ3) is 5.13. The predicted molar refractivity (Wildman–Crippen MR) is 85.6 cm³/mol. The van der Waals surface area contributed by atoms with Crippen LogP contribution in [0.3, 0.4) is 0 Å². The Hall–Kier alpha value is -1.98. The van der Waals surface area contributed by atoms with Gasteiger partial charge in [0.05, 0.1) is 18.6 Å². The van der Waals surface area contributed by atoms with Crippen LogP contribution in [0.2, 0.25) is 5.02 Å². The van der Waals surface area contributed by atoms with E-state index >= 15 is 0 Å². The molecular formula is C18H18ClNO. The topological polar surface area (TPSA) is 33.0 Å². The Morgan fingerprint density at radius 1 is 1.05 bits per heavy atom. The molecule has 1 atom stereocenters. The van der Waals surface area contributed by atoms with Gasteiger partial charge in [0.15, 0.2) is 0 Å². The van der Waals surface area contributed by atoms with E-state index in [2.05, 4.69) is 6.07 Å². The zero-order chi connectivity index (χ0) is 14.9. The number of unbranched alkanes of at least 4 members (excludes halogenated alkanes) is 1. The van der Waals surface area contributed by atoms with Crippen molar-refractivity contribution in [3.8, 4) is 11.8 Å². The third-order valence-corrected chi connectivity index (χ3v) is 3.54. The maximum Gasteiger partial charge on any atom is 0.119 e. The fraction of sp³-hybridized carbons (Fsp3) is 0.278. The summed E-state index contributed by atoms with van der Waals surface area (Å²) in [5, 5.41) is 9.96. The molecular weight excluding hydrogens is 282 g/mol. The lowest BCUT2D eigenvalue weighted by molar-refractivity contribution is 0.304. The Bertz CT molecular complexity index is 592. The molecule has 3 heteroatoms. The minimum atomic E-state index is -0.0968. The van der Waals surface area contributed by atoms with Gasteiger partial charge in [-0.3, -0.25) is 0 Å². The van der Waals surface area contributed by atoms with Gasteiger partial charge in [-0.05, 0) is 49.1 Å². The maximum atomic E-state index is 9.28. The second kappa shape index (κ2) is 8.34. The molecule has 0 saturated carbocycles. The summed E-state index contributed by atoms with van der Waals surface area (Å²) >= 11 is 5.97. The smallest absolute Gasteiger partial charge is 0.119 e. The van der Waals surface area contributed by atoms with Gasteiger partial charge >= 0.3 is 0 Å². The molecule has 0 aliphatic rings. The summed E-state index contributed by atoms with van der Waals surface area (Å²) in [5.74, 6) is 0.796. The van der Waals surface area contributed by atoms with E-state index in [1.807, 2.05) is 54.6 Å². The van der Waals surface area contributed by atoms with Crippen molar-refractivity contribution in [2.45, 2.75) is 25.2 Å². The van der Waals surface area contributed by atoms with Gasteiger partial charge in [0.25, 0.3) is 0 Å². The Balaban J connectivity index is 1.73. The van der Waals surface area contributed by atoms with Crippen molar-refractivity contribution in [2.75, 3.05) is 6.61 Å². The summed E-state index contributed by atoms with van der Waals surface area (Å²) < 4.78 is 5.64. The van der Waals surface area contributed by atoms with Crippen molar-refractivity contribution in [1.82, 2.24) is 0 Å². The van der Waals surface area contributed by atoms with Crippen molar-refractivity contribution in [2.24, 2.45) is 0 Å². The average Bonchev–Trinajstić information content (AvgIpc) is 2.52. The molecule has 2 nitrogen and oxygen atoms in total. The van der Waals surface area contributed by atoms with E-state index in [0.29, 0.717) is 11.6 Å². The lowest BCUT2D eigenvalue weighted by Crippen LogP contribution is -2.00. The van der Waals surface area contributed by atoms with E-state index in [1.54, 1.807) is 0 Å². The number of nitriles is 1. The summed E-state index contributed by atoms with van der Waals surface area (Å²) in [7, 11) is 0. The van der Waals surface area contributed by atoms with E-state index in [-0.39, 0.29) is 5.92 Å². The molecule has 2 rings (SSSR count). The fourth-order valence-corrected chi connectivity index (χ4v) is 2.39. The first-order valence-electron chi connectivity index (χ1n) is 7.12. The molecule has 0 bridgehead atoms. The molecule has 0 heterocycles. The van der Waals surface area contributed by atoms with E-state index in [0.717, 1.165) is 30.6 Å². The molecule has 0 radical (unpaired) electrons. The summed E-state index contributed by atoms with van der Waals surface area (Å²) in [6.45, 7) is 0.678. The van der Waals surface area contributed by atoms with Gasteiger partial charge in [0, 0.05) is 5.02 Å². The van der Waals surface area contributed by atoms with Crippen LogP contribution in [0.15, 0.2) is 54.6 Å². The molecule has 0 aliphatic heterocycles. The second-order valence-electron chi connectivity index (χ2n) is 4.89. The number of hydrogen-bond acceptors (Lipinski definition) is 2. The van der Waals surface area contributed by atoms with Crippen LogP contribution in [0.5, 0.6) is 5.75 Å². The van der Waals surface area contributed by atoms with Crippen molar-refractivity contribution >= 4 is 11.6 Å². The van der Waals surface area contributed by atoms with Crippen LogP contribution >= 0.6 is 11.6 Å². The number of hydrogen-bond donors (Lipinski definition) is 0. The number of para-hydroxylation sites is 1. The predicted octanol–water partition coefficient (Wildman–Crippen LogP) is 5.20. The SMILES string of the molecule is N#CC(CCCCOc1ccccc1)c1cccc(Cl)c1. The summed E-state index contributed by atoms with van der Waals surface area (Å²) in [6, 6.07) is 19.7. The Labute approximate surface area is 130 Å². The van der Waals surface area contributed by atoms with Gasteiger partial charge in [0.2, 0.25) is 0 Å². The zero-order valence-corrected chi connectivity index (χ0v) is 12.6. The second-order valence-corrected chi connectivity index (χ2v) is 5.33.